The number of nitriles is 1. The van der Waals surface area contributed by atoms with E-state index in [-0.39, 0.29) is 12.2 Å². The fourth-order valence-corrected chi connectivity index (χ4v) is 4.26. The number of anilines is 2. The molecule has 3 aromatic rings. The van der Waals surface area contributed by atoms with Crippen molar-refractivity contribution < 1.29 is 4.79 Å². The topological polar surface area (TPSA) is 52.9 Å². The van der Waals surface area contributed by atoms with Crippen LogP contribution < -0.4 is 5.32 Å². The molecule has 1 aliphatic heterocycles. The number of benzene rings is 3. The second-order valence-electron chi connectivity index (χ2n) is 6.67. The first-order valence-electron chi connectivity index (χ1n) is 9.01. The normalized spacial score (nSPS) is 12.4. The lowest BCUT2D eigenvalue weighted by molar-refractivity contribution is 0.0999. The van der Waals surface area contributed by atoms with Crippen LogP contribution in [0.2, 0.25) is 0 Å². The molecule has 4 heteroatoms. The van der Waals surface area contributed by atoms with Gasteiger partial charge in [0.15, 0.2) is 5.78 Å². The number of Topliss-reactive ketones (excluding diaryl/α,β-unsaturated/α-hetero) is 1. The first-order valence-corrected chi connectivity index (χ1v) is 9.83. The van der Waals surface area contributed by atoms with E-state index in [1.807, 2.05) is 67.6 Å². The number of nitrogens with zero attached hydrogens (tertiary/aromatic N) is 1. The van der Waals surface area contributed by atoms with Crippen molar-refractivity contribution in [3.05, 3.63) is 89.5 Å². The molecule has 3 nitrogen and oxygen atoms in total. The lowest BCUT2D eigenvalue weighted by Crippen LogP contribution is -2.08. The molecule has 0 amide bonds. The van der Waals surface area contributed by atoms with Crippen LogP contribution in [0.25, 0.3) is 5.57 Å². The van der Waals surface area contributed by atoms with Crippen LogP contribution in [-0.4, -0.2) is 5.78 Å². The summed E-state index contributed by atoms with van der Waals surface area (Å²) in [7, 11) is 0. The largest absolute Gasteiger partial charge is 0.353 e. The number of nitrogens with one attached hydrogen (secondary N) is 1. The van der Waals surface area contributed by atoms with Gasteiger partial charge in [0.2, 0.25) is 0 Å². The summed E-state index contributed by atoms with van der Waals surface area (Å²) in [5.41, 5.74) is 5.27. The van der Waals surface area contributed by atoms with E-state index in [2.05, 4.69) is 17.5 Å². The summed E-state index contributed by atoms with van der Waals surface area (Å²) >= 11 is 1.66. The van der Waals surface area contributed by atoms with E-state index >= 15 is 0 Å². The van der Waals surface area contributed by atoms with E-state index in [4.69, 9.17) is 0 Å². The van der Waals surface area contributed by atoms with Gasteiger partial charge in [0.1, 0.15) is 0 Å². The zero-order chi connectivity index (χ0) is 19.5. The molecule has 28 heavy (non-hydrogen) atoms. The highest BCUT2D eigenvalue weighted by Crippen LogP contribution is 2.45. The molecule has 0 unspecified atom stereocenters. The minimum Gasteiger partial charge on any atom is -0.353 e. The van der Waals surface area contributed by atoms with Gasteiger partial charge < -0.3 is 5.32 Å². The molecule has 0 saturated carbocycles. The van der Waals surface area contributed by atoms with E-state index in [0.717, 1.165) is 37.9 Å². The van der Waals surface area contributed by atoms with E-state index < -0.39 is 0 Å². The van der Waals surface area contributed by atoms with Gasteiger partial charge in [-0.05, 0) is 42.3 Å². The zero-order valence-corrected chi connectivity index (χ0v) is 16.2. The summed E-state index contributed by atoms with van der Waals surface area (Å²) in [5, 5.41) is 12.6. The molecular formula is C24H18N2OS. The molecule has 0 saturated heterocycles. The van der Waals surface area contributed by atoms with Gasteiger partial charge in [0, 0.05) is 27.9 Å². The standard InChI is InChI=1S/C24H18N2OS/c1-16-9-11-17(12-10-16)18(13-14-25)15-21(27)19-5-4-8-23-24(19)26-20-6-2-3-7-22(20)28-23/h2-13,26H,15H2,1H3. The van der Waals surface area contributed by atoms with Crippen molar-refractivity contribution in [1.82, 2.24) is 0 Å². The van der Waals surface area contributed by atoms with Gasteiger partial charge in [0.25, 0.3) is 0 Å². The van der Waals surface area contributed by atoms with Gasteiger partial charge in [-0.2, -0.15) is 5.26 Å². The van der Waals surface area contributed by atoms with Crippen molar-refractivity contribution in [3.8, 4) is 6.07 Å². The number of carbonyl (C=O) groups is 1. The SMILES string of the molecule is Cc1ccc(C(=CC#N)CC(=O)c2cccc3c2Nc2ccccc2S3)cc1. The number of carbonyl (C=O) groups excluding carboxylic acids is 1. The Morgan fingerprint density at radius 2 is 1.79 bits per heavy atom. The Labute approximate surface area is 168 Å². The maximum Gasteiger partial charge on any atom is 0.169 e. The summed E-state index contributed by atoms with van der Waals surface area (Å²) < 4.78 is 0. The third kappa shape index (κ3) is 3.58. The average molecular weight is 382 g/mol. The van der Waals surface area contributed by atoms with Crippen LogP contribution in [-0.2, 0) is 0 Å². The number of hydrogen-bond donors (Lipinski definition) is 1. The molecule has 0 atom stereocenters. The molecule has 0 aromatic heterocycles. The quantitative estimate of drug-likeness (QED) is 0.328. The van der Waals surface area contributed by atoms with Crippen molar-refractivity contribution >= 4 is 34.5 Å². The molecule has 0 aliphatic carbocycles. The maximum atomic E-state index is 13.2. The minimum atomic E-state index is -0.00796. The Morgan fingerprint density at radius 3 is 2.57 bits per heavy atom. The molecular weight excluding hydrogens is 364 g/mol. The molecule has 0 spiro atoms. The third-order valence-electron chi connectivity index (χ3n) is 4.71. The number of para-hydroxylation sites is 2. The monoisotopic (exact) mass is 382 g/mol. The van der Waals surface area contributed by atoms with Crippen LogP contribution in [0.3, 0.4) is 0 Å². The zero-order valence-electron chi connectivity index (χ0n) is 15.4. The Balaban J connectivity index is 1.65. The molecule has 1 aliphatic rings. The van der Waals surface area contributed by atoms with Gasteiger partial charge in [-0.3, -0.25) is 4.79 Å². The second kappa shape index (κ2) is 7.75. The van der Waals surface area contributed by atoms with Gasteiger partial charge in [-0.15, -0.1) is 0 Å². The Bertz CT molecular complexity index is 1120. The molecule has 0 radical (unpaired) electrons. The first kappa shape index (κ1) is 18.1. The summed E-state index contributed by atoms with van der Waals surface area (Å²) in [4.78, 5) is 15.3. The molecule has 1 N–H and O–H groups in total. The summed E-state index contributed by atoms with van der Waals surface area (Å²) in [6, 6.07) is 23.8. The van der Waals surface area contributed by atoms with Gasteiger partial charge >= 0.3 is 0 Å². The Morgan fingerprint density at radius 1 is 1.04 bits per heavy atom. The highest BCUT2D eigenvalue weighted by atomic mass is 32.2. The predicted octanol–water partition coefficient (Wildman–Crippen LogP) is 6.38. The van der Waals surface area contributed by atoms with Gasteiger partial charge in [0.05, 0.1) is 17.4 Å². The molecule has 3 aromatic carbocycles. The summed E-state index contributed by atoms with van der Waals surface area (Å²) in [6.45, 7) is 2.01. The van der Waals surface area contributed by atoms with Crippen LogP contribution >= 0.6 is 11.8 Å². The fraction of sp³-hybridized carbons (Fsp3) is 0.0833. The van der Waals surface area contributed by atoms with Crippen LogP contribution in [0, 0.1) is 18.3 Å². The van der Waals surface area contributed by atoms with Crippen molar-refractivity contribution in [2.24, 2.45) is 0 Å². The van der Waals surface area contributed by atoms with Crippen molar-refractivity contribution in [1.29, 1.82) is 5.26 Å². The number of fused-ring (bicyclic) bond motifs is 2. The third-order valence-corrected chi connectivity index (χ3v) is 5.84. The van der Waals surface area contributed by atoms with E-state index in [1.165, 1.54) is 6.08 Å². The summed E-state index contributed by atoms with van der Waals surface area (Å²) in [6.07, 6.45) is 1.65. The van der Waals surface area contributed by atoms with Crippen LogP contribution in [0.5, 0.6) is 0 Å². The molecule has 136 valence electrons. The van der Waals surface area contributed by atoms with Crippen molar-refractivity contribution in [2.45, 2.75) is 23.1 Å². The lowest BCUT2D eigenvalue weighted by Gasteiger charge is -2.23. The molecule has 0 bridgehead atoms. The Kier molecular flexibility index (Phi) is 5.01. The number of allylic oxidation sites excluding steroid dienone is 2. The predicted molar refractivity (Wildman–Crippen MR) is 114 cm³/mol. The Hall–Kier alpha value is -3.29. The van der Waals surface area contributed by atoms with E-state index in [9.17, 15) is 10.1 Å². The van der Waals surface area contributed by atoms with Crippen LogP contribution in [0.1, 0.15) is 27.9 Å². The first-order chi connectivity index (χ1) is 13.7. The smallest absolute Gasteiger partial charge is 0.169 e. The van der Waals surface area contributed by atoms with Crippen LogP contribution in [0.15, 0.2) is 82.6 Å². The molecule has 4 rings (SSSR count). The average Bonchev–Trinajstić information content (AvgIpc) is 2.72. The van der Waals surface area contributed by atoms with Crippen molar-refractivity contribution in [3.63, 3.8) is 0 Å². The lowest BCUT2D eigenvalue weighted by atomic mass is 9.95. The second-order valence-corrected chi connectivity index (χ2v) is 7.75. The highest BCUT2D eigenvalue weighted by molar-refractivity contribution is 7.99. The number of rotatable bonds is 4. The fourth-order valence-electron chi connectivity index (χ4n) is 3.24. The van der Waals surface area contributed by atoms with E-state index in [1.54, 1.807) is 11.8 Å². The summed E-state index contributed by atoms with van der Waals surface area (Å²) in [5.74, 6) is -0.00796. The van der Waals surface area contributed by atoms with Gasteiger partial charge in [-0.1, -0.05) is 59.8 Å². The van der Waals surface area contributed by atoms with Crippen LogP contribution in [0.4, 0.5) is 11.4 Å². The minimum absolute atomic E-state index is 0.00796. The maximum absolute atomic E-state index is 13.2. The highest BCUT2D eigenvalue weighted by Gasteiger charge is 2.22. The number of hydrogen-bond acceptors (Lipinski definition) is 4. The van der Waals surface area contributed by atoms with Crippen molar-refractivity contribution in [2.75, 3.05) is 5.32 Å². The van der Waals surface area contributed by atoms with Gasteiger partial charge in [-0.25, -0.2) is 0 Å². The number of aryl methyl sites for hydroxylation is 1. The molecule has 1 heterocycles. The van der Waals surface area contributed by atoms with E-state index in [0.29, 0.717) is 5.56 Å². The molecule has 0 fully saturated rings. The number of ketones is 1.